The number of aldehydes is 1. The summed E-state index contributed by atoms with van der Waals surface area (Å²) in [5.74, 6) is -0.783. The minimum atomic E-state index is -0.856. The molecule has 0 bridgehead atoms. The zero-order valence-electron chi connectivity index (χ0n) is 16.3. The maximum absolute atomic E-state index is 12.5. The molecule has 1 N–H and O–H groups in total. The zero-order valence-corrected chi connectivity index (χ0v) is 16.3. The lowest BCUT2D eigenvalue weighted by Gasteiger charge is -2.15. The third-order valence-electron chi connectivity index (χ3n) is 4.10. The minimum absolute atomic E-state index is 0.0719. The van der Waals surface area contributed by atoms with Crippen LogP contribution in [-0.2, 0) is 9.53 Å². The van der Waals surface area contributed by atoms with Crippen molar-refractivity contribution in [2.75, 3.05) is 26.1 Å². The highest BCUT2D eigenvalue weighted by molar-refractivity contribution is 6.03. The fourth-order valence-corrected chi connectivity index (χ4v) is 2.75. The molecule has 0 aliphatic carbocycles. The number of anilines is 1. The normalized spacial score (nSPS) is 10.3. The van der Waals surface area contributed by atoms with Crippen molar-refractivity contribution in [2.24, 2.45) is 0 Å². The van der Waals surface area contributed by atoms with Gasteiger partial charge in [0.2, 0.25) is 0 Å². The molecule has 0 unspecified atom stereocenters. The lowest BCUT2D eigenvalue weighted by molar-refractivity contribution is -0.119. The summed E-state index contributed by atoms with van der Waals surface area (Å²) in [5.41, 5.74) is 1.62. The fraction of sp³-hybridized carbons (Fsp3) is 0.286. The summed E-state index contributed by atoms with van der Waals surface area (Å²) in [7, 11) is 2.76. The van der Waals surface area contributed by atoms with E-state index in [1.165, 1.54) is 26.4 Å². The quantitative estimate of drug-likeness (QED) is 0.553. The first kappa shape index (κ1) is 21.0. The number of amides is 1. The van der Waals surface area contributed by atoms with Crippen LogP contribution in [0.2, 0.25) is 0 Å². The van der Waals surface area contributed by atoms with Gasteiger partial charge in [0, 0.05) is 11.3 Å². The third kappa shape index (κ3) is 4.68. The summed E-state index contributed by atoms with van der Waals surface area (Å²) in [6.45, 7) is 3.52. The Labute approximate surface area is 163 Å². The van der Waals surface area contributed by atoms with Crippen LogP contribution in [0.25, 0.3) is 0 Å². The van der Waals surface area contributed by atoms with Crippen LogP contribution in [0, 0.1) is 0 Å². The summed E-state index contributed by atoms with van der Waals surface area (Å²) in [6, 6.07) is 10.3. The zero-order chi connectivity index (χ0) is 20.7. The second kappa shape index (κ2) is 9.55. The Morgan fingerprint density at radius 1 is 1.07 bits per heavy atom. The van der Waals surface area contributed by atoms with Crippen molar-refractivity contribution in [3.63, 3.8) is 0 Å². The first-order chi connectivity index (χ1) is 13.4. The van der Waals surface area contributed by atoms with Gasteiger partial charge in [-0.05, 0) is 29.7 Å². The van der Waals surface area contributed by atoms with Crippen molar-refractivity contribution >= 4 is 23.9 Å². The molecule has 0 aliphatic rings. The molecule has 0 saturated carbocycles. The second-order valence-electron chi connectivity index (χ2n) is 6.25. The number of nitrogens with one attached hydrogen (secondary N) is 1. The van der Waals surface area contributed by atoms with Crippen molar-refractivity contribution in [3.05, 3.63) is 53.1 Å². The van der Waals surface area contributed by atoms with Gasteiger partial charge in [-0.2, -0.15) is 0 Å². The number of carbonyl (C=O) groups is 3. The molecule has 0 aromatic heterocycles. The van der Waals surface area contributed by atoms with Gasteiger partial charge < -0.3 is 19.5 Å². The number of para-hydroxylation sites is 1. The highest BCUT2D eigenvalue weighted by Crippen LogP contribution is 2.33. The minimum Gasteiger partial charge on any atom is -0.493 e. The van der Waals surface area contributed by atoms with E-state index in [0.717, 1.165) is 5.56 Å². The van der Waals surface area contributed by atoms with Crippen LogP contribution in [0.15, 0.2) is 36.4 Å². The van der Waals surface area contributed by atoms with E-state index >= 15 is 0 Å². The maximum Gasteiger partial charge on any atom is 0.343 e. The molecule has 0 fully saturated rings. The van der Waals surface area contributed by atoms with E-state index in [-0.39, 0.29) is 28.5 Å². The number of methoxy groups -OCH3 is 2. The van der Waals surface area contributed by atoms with Crippen molar-refractivity contribution in [1.82, 2.24) is 0 Å². The summed E-state index contributed by atoms with van der Waals surface area (Å²) in [6.07, 6.45) is 0.511. The predicted octanol–water partition coefficient (Wildman–Crippen LogP) is 3.44. The highest BCUT2D eigenvalue weighted by atomic mass is 16.5. The van der Waals surface area contributed by atoms with Crippen LogP contribution in [0.3, 0.4) is 0 Å². The van der Waals surface area contributed by atoms with E-state index in [1.54, 1.807) is 6.07 Å². The molecule has 0 saturated heterocycles. The third-order valence-corrected chi connectivity index (χ3v) is 4.10. The Hall–Kier alpha value is -3.35. The van der Waals surface area contributed by atoms with Gasteiger partial charge in [0.25, 0.3) is 5.91 Å². The van der Waals surface area contributed by atoms with Crippen molar-refractivity contribution < 1.29 is 28.6 Å². The number of esters is 1. The van der Waals surface area contributed by atoms with E-state index in [1.807, 2.05) is 32.0 Å². The molecular weight excluding hydrogens is 362 g/mol. The molecule has 2 aromatic rings. The largest absolute Gasteiger partial charge is 0.493 e. The van der Waals surface area contributed by atoms with Gasteiger partial charge in [0.05, 0.1) is 14.2 Å². The lowest BCUT2D eigenvalue weighted by Crippen LogP contribution is -2.22. The van der Waals surface area contributed by atoms with Crippen LogP contribution in [0.5, 0.6) is 11.5 Å². The fourth-order valence-electron chi connectivity index (χ4n) is 2.75. The van der Waals surface area contributed by atoms with Gasteiger partial charge in [-0.25, -0.2) is 4.79 Å². The predicted molar refractivity (Wildman–Crippen MR) is 104 cm³/mol. The summed E-state index contributed by atoms with van der Waals surface area (Å²) < 4.78 is 15.4. The Morgan fingerprint density at radius 3 is 2.39 bits per heavy atom. The van der Waals surface area contributed by atoms with Gasteiger partial charge in [-0.15, -0.1) is 0 Å². The molecule has 7 heteroatoms. The van der Waals surface area contributed by atoms with Gasteiger partial charge in [0.1, 0.15) is 5.56 Å². The number of carbonyl (C=O) groups excluding carboxylic acids is 3. The molecule has 0 spiro atoms. The highest BCUT2D eigenvalue weighted by Gasteiger charge is 2.23. The molecule has 1 amide bonds. The molecule has 0 atom stereocenters. The standard InChI is InChI=1S/C21H23NO6/c1-13(2)15-7-5-6-8-16(15)22-18(24)12-28-21(25)19-14(11-23)9-10-17(26-3)20(19)27-4/h5-11,13H,12H2,1-4H3,(H,22,24). The van der Waals surface area contributed by atoms with E-state index in [4.69, 9.17) is 14.2 Å². The molecule has 2 rings (SSSR count). The smallest absolute Gasteiger partial charge is 0.343 e. The van der Waals surface area contributed by atoms with E-state index in [2.05, 4.69) is 5.32 Å². The van der Waals surface area contributed by atoms with Gasteiger partial charge in [-0.1, -0.05) is 32.0 Å². The summed E-state index contributed by atoms with van der Waals surface area (Å²) >= 11 is 0. The second-order valence-corrected chi connectivity index (χ2v) is 6.25. The molecule has 2 aromatic carbocycles. The Kier molecular flexibility index (Phi) is 7.14. The van der Waals surface area contributed by atoms with Gasteiger partial charge in [0.15, 0.2) is 24.4 Å². The average Bonchev–Trinajstić information content (AvgIpc) is 2.70. The molecule has 0 aliphatic heterocycles. The van der Waals surface area contributed by atoms with Crippen LogP contribution in [0.1, 0.15) is 46.0 Å². The first-order valence-electron chi connectivity index (χ1n) is 8.69. The Balaban J connectivity index is 2.14. The number of hydrogen-bond acceptors (Lipinski definition) is 6. The maximum atomic E-state index is 12.5. The molecule has 28 heavy (non-hydrogen) atoms. The summed E-state index contributed by atoms with van der Waals surface area (Å²) in [5, 5.41) is 2.74. The van der Waals surface area contributed by atoms with Gasteiger partial charge in [-0.3, -0.25) is 9.59 Å². The van der Waals surface area contributed by atoms with E-state index in [9.17, 15) is 14.4 Å². The van der Waals surface area contributed by atoms with Gasteiger partial charge >= 0.3 is 5.97 Å². The van der Waals surface area contributed by atoms with E-state index in [0.29, 0.717) is 12.0 Å². The molecular formula is C21H23NO6. The molecule has 148 valence electrons. The van der Waals surface area contributed by atoms with Crippen molar-refractivity contribution in [1.29, 1.82) is 0 Å². The molecule has 0 radical (unpaired) electrons. The lowest BCUT2D eigenvalue weighted by atomic mass is 10.0. The van der Waals surface area contributed by atoms with Crippen LogP contribution in [0.4, 0.5) is 5.69 Å². The Bertz CT molecular complexity index is 875. The number of rotatable bonds is 8. The number of hydrogen-bond donors (Lipinski definition) is 1. The van der Waals surface area contributed by atoms with Crippen molar-refractivity contribution in [3.8, 4) is 11.5 Å². The number of benzene rings is 2. The average molecular weight is 385 g/mol. The van der Waals surface area contributed by atoms with Crippen molar-refractivity contribution in [2.45, 2.75) is 19.8 Å². The monoisotopic (exact) mass is 385 g/mol. The number of ether oxygens (including phenoxy) is 3. The molecule has 0 heterocycles. The SMILES string of the molecule is COc1ccc(C=O)c(C(=O)OCC(=O)Nc2ccccc2C(C)C)c1OC. The topological polar surface area (TPSA) is 90.9 Å². The molecule has 7 nitrogen and oxygen atoms in total. The Morgan fingerprint density at radius 2 is 1.79 bits per heavy atom. The van der Waals surface area contributed by atoms with Crippen LogP contribution >= 0.6 is 0 Å². The summed E-state index contributed by atoms with van der Waals surface area (Å²) in [4.78, 5) is 36.0. The first-order valence-corrected chi connectivity index (χ1v) is 8.69. The van der Waals surface area contributed by atoms with E-state index < -0.39 is 18.5 Å². The van der Waals surface area contributed by atoms with Crippen LogP contribution in [-0.4, -0.2) is 39.0 Å². The van der Waals surface area contributed by atoms with Crippen LogP contribution < -0.4 is 14.8 Å².